The third-order valence-corrected chi connectivity index (χ3v) is 3.89. The van der Waals surface area contributed by atoms with Gasteiger partial charge in [-0.1, -0.05) is 12.1 Å². The molecule has 0 aromatic heterocycles. The van der Waals surface area contributed by atoms with Crippen LogP contribution in [0.25, 0.3) is 0 Å². The molecular formula is C12H17NOS. The topological polar surface area (TPSA) is 32.3 Å². The van der Waals surface area contributed by atoms with Crippen LogP contribution in [0, 0.1) is 0 Å². The lowest BCUT2D eigenvalue weighted by Crippen LogP contribution is -2.23. The van der Waals surface area contributed by atoms with E-state index >= 15 is 0 Å². The Morgan fingerprint density at radius 3 is 2.73 bits per heavy atom. The lowest BCUT2D eigenvalue weighted by molar-refractivity contribution is 0.282. The summed E-state index contributed by atoms with van der Waals surface area (Å²) in [5, 5.41) is 12.4. The third kappa shape index (κ3) is 3.23. The first-order valence-electron chi connectivity index (χ1n) is 5.44. The lowest BCUT2D eigenvalue weighted by atomic mass is 10.2. The van der Waals surface area contributed by atoms with Crippen LogP contribution in [0.3, 0.4) is 0 Å². The number of hydrogen-bond acceptors (Lipinski definition) is 3. The number of thioether (sulfide) groups is 1. The molecule has 1 heterocycles. The second kappa shape index (κ2) is 5.54. The molecule has 0 saturated carbocycles. The lowest BCUT2D eigenvalue weighted by Gasteiger charge is -2.09. The number of hydrogen-bond donors (Lipinski definition) is 2. The van der Waals surface area contributed by atoms with E-state index in [4.69, 9.17) is 5.11 Å². The van der Waals surface area contributed by atoms with Crippen LogP contribution >= 0.6 is 11.8 Å². The molecule has 1 fully saturated rings. The number of aliphatic hydroxyl groups excluding tert-OH is 1. The summed E-state index contributed by atoms with van der Waals surface area (Å²) in [5.74, 6) is 1.15. The van der Waals surface area contributed by atoms with E-state index in [0.717, 1.165) is 11.3 Å². The number of nitrogens with one attached hydrogen (secondary N) is 1. The number of rotatable bonds is 4. The molecule has 0 amide bonds. The minimum absolute atomic E-state index is 0.134. The Hall–Kier alpha value is -0.510. The molecule has 0 unspecified atom stereocenters. The average molecular weight is 223 g/mol. The zero-order chi connectivity index (χ0) is 10.5. The van der Waals surface area contributed by atoms with Crippen molar-refractivity contribution in [2.45, 2.75) is 30.4 Å². The molecule has 2 nitrogen and oxygen atoms in total. The van der Waals surface area contributed by atoms with Gasteiger partial charge in [0.05, 0.1) is 6.61 Å². The summed E-state index contributed by atoms with van der Waals surface area (Å²) in [6.45, 7) is 1.31. The SMILES string of the molecule is OCc1ccc(SC[C@H]2CCCN2)cc1. The Bertz CT molecular complexity index is 293. The van der Waals surface area contributed by atoms with Crippen LogP contribution in [0.1, 0.15) is 18.4 Å². The Balaban J connectivity index is 1.82. The van der Waals surface area contributed by atoms with E-state index in [1.165, 1.54) is 24.3 Å². The summed E-state index contributed by atoms with van der Waals surface area (Å²) in [6, 6.07) is 8.85. The molecule has 15 heavy (non-hydrogen) atoms. The molecule has 2 rings (SSSR count). The molecule has 1 aromatic rings. The van der Waals surface area contributed by atoms with Gasteiger partial charge in [-0.15, -0.1) is 11.8 Å². The predicted molar refractivity (Wildman–Crippen MR) is 64.1 cm³/mol. The van der Waals surface area contributed by atoms with E-state index in [1.54, 1.807) is 0 Å². The summed E-state index contributed by atoms with van der Waals surface area (Å²) in [4.78, 5) is 1.29. The van der Waals surface area contributed by atoms with Crippen LogP contribution in [0.4, 0.5) is 0 Å². The molecule has 0 aliphatic carbocycles. The summed E-state index contributed by atoms with van der Waals surface area (Å²) in [6.07, 6.45) is 2.62. The maximum Gasteiger partial charge on any atom is 0.0681 e. The van der Waals surface area contributed by atoms with Crippen LogP contribution in [0.5, 0.6) is 0 Å². The molecule has 1 saturated heterocycles. The smallest absolute Gasteiger partial charge is 0.0681 e. The predicted octanol–water partition coefficient (Wildman–Crippen LogP) is 2.02. The van der Waals surface area contributed by atoms with Gasteiger partial charge in [-0.05, 0) is 37.1 Å². The second-order valence-electron chi connectivity index (χ2n) is 3.91. The van der Waals surface area contributed by atoms with E-state index in [-0.39, 0.29) is 6.61 Å². The van der Waals surface area contributed by atoms with Crippen LogP contribution in [0.15, 0.2) is 29.2 Å². The first-order valence-corrected chi connectivity index (χ1v) is 6.43. The summed E-state index contributed by atoms with van der Waals surface area (Å²) >= 11 is 1.89. The second-order valence-corrected chi connectivity index (χ2v) is 5.00. The third-order valence-electron chi connectivity index (χ3n) is 2.72. The van der Waals surface area contributed by atoms with Crippen molar-refractivity contribution in [3.8, 4) is 0 Å². The van der Waals surface area contributed by atoms with Crippen molar-refractivity contribution in [3.63, 3.8) is 0 Å². The first kappa shape index (κ1) is 11.0. The molecule has 82 valence electrons. The van der Waals surface area contributed by atoms with E-state index in [2.05, 4.69) is 17.4 Å². The highest BCUT2D eigenvalue weighted by molar-refractivity contribution is 7.99. The Labute approximate surface area is 95.1 Å². The molecule has 1 aliphatic rings. The van der Waals surface area contributed by atoms with Crippen LogP contribution in [-0.4, -0.2) is 23.4 Å². The fourth-order valence-electron chi connectivity index (χ4n) is 1.79. The summed E-state index contributed by atoms with van der Waals surface area (Å²) in [7, 11) is 0. The average Bonchev–Trinajstić information content (AvgIpc) is 2.80. The van der Waals surface area contributed by atoms with Gasteiger partial charge in [-0.25, -0.2) is 0 Å². The maximum atomic E-state index is 8.91. The number of benzene rings is 1. The molecule has 1 aliphatic heterocycles. The molecule has 3 heteroatoms. The monoisotopic (exact) mass is 223 g/mol. The van der Waals surface area contributed by atoms with Gasteiger partial charge in [0.1, 0.15) is 0 Å². The normalized spacial score (nSPS) is 20.7. The van der Waals surface area contributed by atoms with Gasteiger partial charge >= 0.3 is 0 Å². The highest BCUT2D eigenvalue weighted by Crippen LogP contribution is 2.21. The summed E-state index contributed by atoms with van der Waals surface area (Å²) < 4.78 is 0. The van der Waals surface area contributed by atoms with Crippen molar-refractivity contribution in [2.24, 2.45) is 0 Å². The van der Waals surface area contributed by atoms with Gasteiger partial charge < -0.3 is 10.4 Å². The van der Waals surface area contributed by atoms with E-state index in [1.807, 2.05) is 23.9 Å². The van der Waals surface area contributed by atoms with Crippen molar-refractivity contribution in [3.05, 3.63) is 29.8 Å². The van der Waals surface area contributed by atoms with Crippen molar-refractivity contribution < 1.29 is 5.11 Å². The largest absolute Gasteiger partial charge is 0.392 e. The molecule has 2 N–H and O–H groups in total. The van der Waals surface area contributed by atoms with Gasteiger partial charge in [-0.2, -0.15) is 0 Å². The minimum atomic E-state index is 0.134. The Kier molecular flexibility index (Phi) is 4.06. The fourth-order valence-corrected chi connectivity index (χ4v) is 2.79. The quantitative estimate of drug-likeness (QED) is 0.766. The molecule has 0 spiro atoms. The molecule has 0 bridgehead atoms. The zero-order valence-electron chi connectivity index (χ0n) is 8.78. The Morgan fingerprint density at radius 2 is 2.13 bits per heavy atom. The molecule has 0 radical (unpaired) electrons. The van der Waals surface area contributed by atoms with Gasteiger partial charge in [0.2, 0.25) is 0 Å². The van der Waals surface area contributed by atoms with Gasteiger partial charge in [0.15, 0.2) is 0 Å². The Morgan fingerprint density at radius 1 is 1.33 bits per heavy atom. The molecule has 1 atom stereocenters. The molecular weight excluding hydrogens is 206 g/mol. The van der Waals surface area contributed by atoms with E-state index in [0.29, 0.717) is 6.04 Å². The van der Waals surface area contributed by atoms with Crippen molar-refractivity contribution in [1.29, 1.82) is 0 Å². The van der Waals surface area contributed by atoms with Crippen LogP contribution in [-0.2, 0) is 6.61 Å². The summed E-state index contributed by atoms with van der Waals surface area (Å²) in [5.41, 5.74) is 0.985. The maximum absolute atomic E-state index is 8.91. The van der Waals surface area contributed by atoms with Crippen molar-refractivity contribution >= 4 is 11.8 Å². The number of aliphatic hydroxyl groups is 1. The first-order chi connectivity index (χ1) is 7.38. The van der Waals surface area contributed by atoms with Gasteiger partial charge in [-0.3, -0.25) is 0 Å². The van der Waals surface area contributed by atoms with Crippen LogP contribution < -0.4 is 5.32 Å². The van der Waals surface area contributed by atoms with Crippen LogP contribution in [0.2, 0.25) is 0 Å². The van der Waals surface area contributed by atoms with E-state index in [9.17, 15) is 0 Å². The highest BCUT2D eigenvalue weighted by Gasteiger charge is 2.13. The van der Waals surface area contributed by atoms with Gasteiger partial charge in [0, 0.05) is 16.7 Å². The fraction of sp³-hybridized carbons (Fsp3) is 0.500. The zero-order valence-corrected chi connectivity index (χ0v) is 9.59. The minimum Gasteiger partial charge on any atom is -0.392 e. The van der Waals surface area contributed by atoms with Crippen molar-refractivity contribution in [2.75, 3.05) is 12.3 Å². The van der Waals surface area contributed by atoms with E-state index < -0.39 is 0 Å². The highest BCUT2D eigenvalue weighted by atomic mass is 32.2. The molecule has 1 aromatic carbocycles. The van der Waals surface area contributed by atoms with Crippen molar-refractivity contribution in [1.82, 2.24) is 5.32 Å². The standard InChI is InChI=1S/C12H17NOS/c14-8-10-3-5-12(6-4-10)15-9-11-2-1-7-13-11/h3-6,11,13-14H,1-2,7-9H2/t11-/m1/s1. The van der Waals surface area contributed by atoms with Gasteiger partial charge in [0.25, 0.3) is 0 Å².